The monoisotopic (exact) mass is 227 g/mol. The van der Waals surface area contributed by atoms with E-state index in [1.165, 1.54) is 6.20 Å². The Bertz CT molecular complexity index is 395. The summed E-state index contributed by atoms with van der Waals surface area (Å²) in [5.74, 6) is 0.0503. The molecule has 1 aromatic rings. The van der Waals surface area contributed by atoms with E-state index < -0.39 is 0 Å². The number of Topliss-reactive ketones (excluding diaryl/α,β-unsaturated/α-hetero) is 1. The van der Waals surface area contributed by atoms with Crippen molar-refractivity contribution in [2.24, 2.45) is 11.1 Å². The molecule has 2 N–H and O–H groups in total. The van der Waals surface area contributed by atoms with Crippen LogP contribution in [0.5, 0.6) is 0 Å². The van der Waals surface area contributed by atoms with Gasteiger partial charge in [0, 0.05) is 18.5 Å². The van der Waals surface area contributed by atoms with Crippen LogP contribution >= 0.6 is 11.6 Å². The molecule has 0 radical (unpaired) electrons. The van der Waals surface area contributed by atoms with Crippen molar-refractivity contribution in [3.05, 3.63) is 16.9 Å². The molecule has 0 aromatic carbocycles. The van der Waals surface area contributed by atoms with E-state index in [9.17, 15) is 4.79 Å². The maximum absolute atomic E-state index is 12.2. The Balaban J connectivity index is 2.36. The molecule has 0 bridgehead atoms. The Morgan fingerprint density at radius 1 is 1.73 bits per heavy atom. The highest BCUT2D eigenvalue weighted by Crippen LogP contribution is 2.47. The van der Waals surface area contributed by atoms with Gasteiger partial charge in [0.25, 0.3) is 0 Å². The predicted molar refractivity (Wildman–Crippen MR) is 58.0 cm³/mol. The molecule has 0 aliphatic heterocycles. The van der Waals surface area contributed by atoms with Crippen molar-refractivity contribution in [1.82, 2.24) is 9.78 Å². The third-order valence-corrected chi connectivity index (χ3v) is 3.31. The van der Waals surface area contributed by atoms with E-state index in [2.05, 4.69) is 5.10 Å². The first-order valence-electron chi connectivity index (χ1n) is 5.11. The van der Waals surface area contributed by atoms with Crippen LogP contribution in [-0.4, -0.2) is 22.1 Å². The minimum absolute atomic E-state index is 0.0503. The largest absolute Gasteiger partial charge is 0.329 e. The summed E-state index contributed by atoms with van der Waals surface area (Å²) in [5.41, 5.74) is 5.79. The van der Waals surface area contributed by atoms with E-state index in [-0.39, 0.29) is 11.2 Å². The molecule has 0 atom stereocenters. The van der Waals surface area contributed by atoms with E-state index in [1.807, 2.05) is 6.92 Å². The van der Waals surface area contributed by atoms with E-state index >= 15 is 0 Å². The Morgan fingerprint density at radius 2 is 2.40 bits per heavy atom. The molecule has 0 spiro atoms. The van der Waals surface area contributed by atoms with Crippen LogP contribution in [0.3, 0.4) is 0 Å². The van der Waals surface area contributed by atoms with Gasteiger partial charge in [-0.1, -0.05) is 11.6 Å². The maximum Gasteiger partial charge on any atom is 0.189 e. The van der Waals surface area contributed by atoms with Crippen molar-refractivity contribution in [2.75, 3.05) is 6.54 Å². The summed E-state index contributed by atoms with van der Waals surface area (Å²) >= 11 is 5.96. The quantitative estimate of drug-likeness (QED) is 0.793. The number of carbonyl (C=O) groups is 1. The van der Waals surface area contributed by atoms with Gasteiger partial charge in [0.05, 0.1) is 11.2 Å². The fourth-order valence-corrected chi connectivity index (χ4v) is 1.98. The lowest BCUT2D eigenvalue weighted by Crippen LogP contribution is -2.27. The first-order chi connectivity index (χ1) is 7.14. The zero-order valence-corrected chi connectivity index (χ0v) is 9.42. The number of carbonyl (C=O) groups excluding carboxylic acids is 1. The van der Waals surface area contributed by atoms with Crippen molar-refractivity contribution in [3.8, 4) is 0 Å². The number of aryl methyl sites for hydroxylation is 1. The summed E-state index contributed by atoms with van der Waals surface area (Å²) in [5, 5.41) is 4.49. The van der Waals surface area contributed by atoms with Crippen LogP contribution in [0.1, 0.15) is 30.3 Å². The number of ketones is 1. The molecule has 0 saturated heterocycles. The number of nitrogens with two attached hydrogens (primary N) is 1. The van der Waals surface area contributed by atoms with Crippen LogP contribution in [0, 0.1) is 5.41 Å². The van der Waals surface area contributed by atoms with Crippen LogP contribution in [0.2, 0.25) is 5.02 Å². The van der Waals surface area contributed by atoms with E-state index in [1.54, 1.807) is 4.68 Å². The highest BCUT2D eigenvalue weighted by molar-refractivity contribution is 6.34. The molecule has 82 valence electrons. The van der Waals surface area contributed by atoms with Gasteiger partial charge < -0.3 is 5.73 Å². The zero-order valence-electron chi connectivity index (χ0n) is 8.66. The minimum atomic E-state index is -0.351. The van der Waals surface area contributed by atoms with Gasteiger partial charge in [-0.3, -0.25) is 9.48 Å². The third-order valence-electron chi connectivity index (χ3n) is 3.04. The Kier molecular flexibility index (Phi) is 2.56. The molecule has 1 heterocycles. The second kappa shape index (κ2) is 3.61. The molecular weight excluding hydrogens is 214 g/mol. The highest BCUT2D eigenvalue weighted by Gasteiger charge is 2.50. The van der Waals surface area contributed by atoms with E-state index in [4.69, 9.17) is 17.3 Å². The Morgan fingerprint density at radius 3 is 2.87 bits per heavy atom. The van der Waals surface area contributed by atoms with Gasteiger partial charge in [0.15, 0.2) is 5.78 Å². The molecule has 2 rings (SSSR count). The SMILES string of the molecule is CCn1ncc(Cl)c1C(=O)C1(CN)CC1. The molecule has 1 saturated carbocycles. The lowest BCUT2D eigenvalue weighted by Gasteiger charge is -2.12. The average Bonchev–Trinajstić information content (AvgIpc) is 2.96. The number of nitrogens with zero attached hydrogens (tertiary/aromatic N) is 2. The summed E-state index contributed by atoms with van der Waals surface area (Å²) in [6, 6.07) is 0. The fourth-order valence-electron chi connectivity index (χ4n) is 1.75. The van der Waals surface area contributed by atoms with Gasteiger partial charge >= 0.3 is 0 Å². The van der Waals surface area contributed by atoms with Crippen molar-refractivity contribution in [2.45, 2.75) is 26.3 Å². The number of aromatic nitrogens is 2. The van der Waals surface area contributed by atoms with E-state index in [0.29, 0.717) is 23.8 Å². The molecule has 4 nitrogen and oxygen atoms in total. The Labute approximate surface area is 93.4 Å². The van der Waals surface area contributed by atoms with Crippen molar-refractivity contribution in [3.63, 3.8) is 0 Å². The maximum atomic E-state index is 12.2. The Hall–Kier alpha value is -0.870. The smallest absolute Gasteiger partial charge is 0.189 e. The number of hydrogen-bond donors (Lipinski definition) is 1. The van der Waals surface area contributed by atoms with E-state index in [0.717, 1.165) is 12.8 Å². The summed E-state index contributed by atoms with van der Waals surface area (Å²) in [4.78, 5) is 12.2. The lowest BCUT2D eigenvalue weighted by atomic mass is 9.99. The molecule has 1 fully saturated rings. The molecule has 5 heteroatoms. The molecule has 15 heavy (non-hydrogen) atoms. The predicted octanol–water partition coefficient (Wildman–Crippen LogP) is 1.48. The summed E-state index contributed by atoms with van der Waals surface area (Å²) in [6.45, 7) is 2.98. The van der Waals surface area contributed by atoms with Gasteiger partial charge in [-0.15, -0.1) is 0 Å². The first kappa shape index (κ1) is 10.6. The van der Waals surface area contributed by atoms with Crippen molar-refractivity contribution >= 4 is 17.4 Å². The minimum Gasteiger partial charge on any atom is -0.329 e. The first-order valence-corrected chi connectivity index (χ1v) is 5.48. The topological polar surface area (TPSA) is 60.9 Å². The number of halogens is 1. The lowest BCUT2D eigenvalue weighted by molar-refractivity contribution is 0.0894. The molecule has 0 amide bonds. The van der Waals surface area contributed by atoms with Crippen molar-refractivity contribution < 1.29 is 4.79 Å². The highest BCUT2D eigenvalue weighted by atomic mass is 35.5. The van der Waals surface area contributed by atoms with Gasteiger partial charge in [-0.05, 0) is 19.8 Å². The second-order valence-corrected chi connectivity index (χ2v) is 4.38. The standard InChI is InChI=1S/C10H14ClN3O/c1-2-14-8(7(11)5-13-14)9(15)10(6-12)3-4-10/h5H,2-4,6,12H2,1H3. The van der Waals surface area contributed by atoms with Crippen LogP contribution in [-0.2, 0) is 6.54 Å². The van der Waals surface area contributed by atoms with Crippen LogP contribution < -0.4 is 5.73 Å². The van der Waals surface area contributed by atoms with Gasteiger partial charge in [-0.25, -0.2) is 0 Å². The number of hydrogen-bond acceptors (Lipinski definition) is 3. The van der Waals surface area contributed by atoms with Crippen molar-refractivity contribution in [1.29, 1.82) is 0 Å². The number of rotatable bonds is 4. The molecule has 1 aliphatic rings. The average molecular weight is 228 g/mol. The van der Waals surface area contributed by atoms with Crippen LogP contribution in [0.4, 0.5) is 0 Å². The van der Waals surface area contributed by atoms with Crippen LogP contribution in [0.25, 0.3) is 0 Å². The molecule has 1 aliphatic carbocycles. The van der Waals surface area contributed by atoms with Gasteiger partial charge in [0.1, 0.15) is 5.69 Å². The molecule has 0 unspecified atom stereocenters. The fraction of sp³-hybridized carbons (Fsp3) is 0.600. The van der Waals surface area contributed by atoms with Crippen LogP contribution in [0.15, 0.2) is 6.20 Å². The summed E-state index contributed by atoms with van der Waals surface area (Å²) in [6.07, 6.45) is 3.26. The molecular formula is C10H14ClN3O. The second-order valence-electron chi connectivity index (χ2n) is 3.97. The van der Waals surface area contributed by atoms with Gasteiger partial charge in [-0.2, -0.15) is 5.10 Å². The normalized spacial score (nSPS) is 17.8. The third kappa shape index (κ3) is 1.58. The zero-order chi connectivity index (χ0) is 11.1. The molecule has 1 aromatic heterocycles. The summed E-state index contributed by atoms with van der Waals surface area (Å²) < 4.78 is 1.64. The van der Waals surface area contributed by atoms with Gasteiger partial charge in [0.2, 0.25) is 0 Å². The summed E-state index contributed by atoms with van der Waals surface area (Å²) in [7, 11) is 0.